The first kappa shape index (κ1) is 21.4. The van der Waals surface area contributed by atoms with Gasteiger partial charge in [0.15, 0.2) is 0 Å². The van der Waals surface area contributed by atoms with Gasteiger partial charge in [-0.05, 0) is 66.6 Å². The molecule has 5 heteroatoms. The maximum atomic E-state index is 11.3. The topological polar surface area (TPSA) is 58.6 Å². The summed E-state index contributed by atoms with van der Waals surface area (Å²) in [6, 6.07) is 22.4. The molecule has 160 valence electrons. The molecule has 0 saturated carbocycles. The fourth-order valence-electron chi connectivity index (χ4n) is 3.93. The minimum atomic E-state index is -1.01. The molecule has 1 aliphatic carbocycles. The molecule has 3 aromatic rings. The number of hydrogen-bond donors (Lipinski definition) is 2. The normalized spacial score (nSPS) is 15.5. The molecule has 4 nitrogen and oxygen atoms in total. The van der Waals surface area contributed by atoms with Crippen molar-refractivity contribution in [2.75, 3.05) is 0 Å². The van der Waals surface area contributed by atoms with Gasteiger partial charge in [0, 0.05) is 6.54 Å². The molecule has 0 amide bonds. The highest BCUT2D eigenvalue weighted by Crippen LogP contribution is 2.41. The minimum absolute atomic E-state index is 0.0360. The third-order valence-corrected chi connectivity index (χ3v) is 6.13. The Morgan fingerprint density at radius 1 is 1.13 bits per heavy atom. The van der Waals surface area contributed by atoms with E-state index in [0.29, 0.717) is 17.3 Å². The zero-order valence-corrected chi connectivity index (χ0v) is 18.4. The lowest BCUT2D eigenvalue weighted by atomic mass is 9.97. The maximum Gasteiger partial charge on any atom is 0.323 e. The van der Waals surface area contributed by atoms with E-state index in [-0.39, 0.29) is 6.10 Å². The summed E-state index contributed by atoms with van der Waals surface area (Å²) < 4.78 is 6.32. The Hall–Kier alpha value is -2.82. The van der Waals surface area contributed by atoms with Gasteiger partial charge in [-0.25, -0.2) is 0 Å². The van der Waals surface area contributed by atoms with Crippen molar-refractivity contribution < 1.29 is 14.6 Å². The van der Waals surface area contributed by atoms with Gasteiger partial charge in [0.1, 0.15) is 17.4 Å². The van der Waals surface area contributed by atoms with E-state index in [2.05, 4.69) is 47.8 Å². The molecule has 0 aliphatic heterocycles. The average molecular weight is 436 g/mol. The Morgan fingerprint density at radius 3 is 2.61 bits per heavy atom. The Morgan fingerprint density at radius 2 is 1.90 bits per heavy atom. The SMILES string of the molecule is CC(C)(NCc1ccc(OC2CCc3c(-c4ccccc4)cccc32)c(Cl)c1)C(=O)O. The number of carboxylic acid groups (broad SMARTS) is 1. The molecule has 31 heavy (non-hydrogen) atoms. The number of carboxylic acids is 1. The fourth-order valence-corrected chi connectivity index (χ4v) is 4.18. The van der Waals surface area contributed by atoms with Gasteiger partial charge in [0.2, 0.25) is 0 Å². The third kappa shape index (κ3) is 4.60. The van der Waals surface area contributed by atoms with Gasteiger partial charge in [0.25, 0.3) is 0 Å². The van der Waals surface area contributed by atoms with Crippen molar-refractivity contribution in [2.45, 2.75) is 44.9 Å². The molecule has 0 aromatic heterocycles. The highest BCUT2D eigenvalue weighted by atomic mass is 35.5. The fraction of sp³-hybridized carbons (Fsp3) is 0.269. The van der Waals surface area contributed by atoms with E-state index in [4.69, 9.17) is 16.3 Å². The van der Waals surface area contributed by atoms with Crippen LogP contribution in [0.15, 0.2) is 66.7 Å². The number of halogens is 1. The molecule has 0 fully saturated rings. The van der Waals surface area contributed by atoms with Crippen molar-refractivity contribution in [3.05, 3.63) is 88.4 Å². The van der Waals surface area contributed by atoms with Crippen LogP contribution in [0.25, 0.3) is 11.1 Å². The van der Waals surface area contributed by atoms with Crippen LogP contribution in [0.4, 0.5) is 0 Å². The van der Waals surface area contributed by atoms with E-state index in [9.17, 15) is 9.90 Å². The average Bonchev–Trinajstić information content (AvgIpc) is 3.17. The number of ether oxygens (including phenoxy) is 1. The largest absolute Gasteiger partial charge is 0.484 e. The number of hydrogen-bond acceptors (Lipinski definition) is 3. The van der Waals surface area contributed by atoms with Crippen LogP contribution >= 0.6 is 11.6 Å². The van der Waals surface area contributed by atoms with Crippen molar-refractivity contribution in [1.29, 1.82) is 0 Å². The van der Waals surface area contributed by atoms with Crippen molar-refractivity contribution in [1.82, 2.24) is 5.32 Å². The highest BCUT2D eigenvalue weighted by molar-refractivity contribution is 6.32. The van der Waals surface area contributed by atoms with Gasteiger partial charge in [0.05, 0.1) is 5.02 Å². The number of carbonyl (C=O) groups is 1. The predicted molar refractivity (Wildman–Crippen MR) is 124 cm³/mol. The van der Waals surface area contributed by atoms with Crippen LogP contribution in [0.2, 0.25) is 5.02 Å². The summed E-state index contributed by atoms with van der Waals surface area (Å²) in [5.74, 6) is -0.251. The summed E-state index contributed by atoms with van der Waals surface area (Å²) in [7, 11) is 0. The second kappa shape index (κ2) is 8.74. The molecule has 0 radical (unpaired) electrons. The summed E-state index contributed by atoms with van der Waals surface area (Å²) in [4.78, 5) is 11.3. The number of fused-ring (bicyclic) bond motifs is 1. The number of benzene rings is 3. The van der Waals surface area contributed by atoms with Crippen LogP contribution in [0.1, 0.15) is 43.1 Å². The smallest absolute Gasteiger partial charge is 0.323 e. The number of rotatable bonds is 7. The van der Waals surface area contributed by atoms with Gasteiger partial charge in [-0.1, -0.05) is 66.2 Å². The van der Waals surface area contributed by atoms with E-state index in [0.717, 1.165) is 18.4 Å². The molecule has 0 bridgehead atoms. The van der Waals surface area contributed by atoms with Gasteiger partial charge >= 0.3 is 5.97 Å². The molecule has 3 aromatic carbocycles. The summed E-state index contributed by atoms with van der Waals surface area (Å²) in [6.07, 6.45) is 1.84. The van der Waals surface area contributed by atoms with E-state index in [1.807, 2.05) is 24.3 Å². The first-order valence-electron chi connectivity index (χ1n) is 10.5. The molecule has 1 atom stereocenters. The van der Waals surface area contributed by atoms with Crippen molar-refractivity contribution in [3.63, 3.8) is 0 Å². The van der Waals surface area contributed by atoms with Gasteiger partial charge in [-0.15, -0.1) is 0 Å². The monoisotopic (exact) mass is 435 g/mol. The maximum absolute atomic E-state index is 11.3. The van der Waals surface area contributed by atoms with Crippen molar-refractivity contribution in [3.8, 4) is 16.9 Å². The van der Waals surface area contributed by atoms with E-state index in [1.54, 1.807) is 13.8 Å². The van der Waals surface area contributed by atoms with Crippen molar-refractivity contribution in [2.24, 2.45) is 0 Å². The molecule has 1 aliphatic rings. The molecule has 0 saturated heterocycles. The Labute approximate surface area is 187 Å². The van der Waals surface area contributed by atoms with Crippen molar-refractivity contribution >= 4 is 17.6 Å². The standard InChI is InChI=1S/C26H26ClNO3/c1-26(2,25(29)30)28-16-17-11-13-24(22(27)15-17)31-23-14-12-20-19(9-6-10-21(20)23)18-7-4-3-5-8-18/h3-11,13,15,23,28H,12,14,16H2,1-2H3,(H,29,30). The Kier molecular flexibility index (Phi) is 6.03. The van der Waals surface area contributed by atoms with Crippen LogP contribution in [0.3, 0.4) is 0 Å². The molecule has 2 N–H and O–H groups in total. The lowest BCUT2D eigenvalue weighted by Crippen LogP contribution is -2.46. The summed E-state index contributed by atoms with van der Waals surface area (Å²) in [5.41, 5.74) is 4.94. The molecule has 0 heterocycles. The van der Waals surface area contributed by atoms with Crippen LogP contribution in [0.5, 0.6) is 5.75 Å². The van der Waals surface area contributed by atoms with Gasteiger partial charge < -0.3 is 9.84 Å². The summed E-state index contributed by atoms with van der Waals surface area (Å²) >= 11 is 6.51. The van der Waals surface area contributed by atoms with Crippen LogP contribution in [0, 0.1) is 0 Å². The number of aliphatic carboxylic acids is 1. The Balaban J connectivity index is 1.50. The molecule has 0 spiro atoms. The minimum Gasteiger partial charge on any atom is -0.484 e. The zero-order chi connectivity index (χ0) is 22.0. The quantitative estimate of drug-likeness (QED) is 0.476. The second-order valence-corrected chi connectivity index (χ2v) is 8.84. The summed E-state index contributed by atoms with van der Waals surface area (Å²) in [6.45, 7) is 3.68. The van der Waals surface area contributed by atoms with Gasteiger partial charge in [-0.3, -0.25) is 10.1 Å². The first-order valence-corrected chi connectivity index (χ1v) is 10.8. The summed E-state index contributed by atoms with van der Waals surface area (Å²) in [5, 5.41) is 12.8. The van der Waals surface area contributed by atoms with Gasteiger partial charge in [-0.2, -0.15) is 0 Å². The van der Waals surface area contributed by atoms with Crippen LogP contribution in [-0.4, -0.2) is 16.6 Å². The van der Waals surface area contributed by atoms with E-state index >= 15 is 0 Å². The molecular formula is C26H26ClNO3. The molecular weight excluding hydrogens is 410 g/mol. The zero-order valence-electron chi connectivity index (χ0n) is 17.7. The lowest BCUT2D eigenvalue weighted by Gasteiger charge is -2.21. The number of nitrogens with one attached hydrogen (secondary N) is 1. The predicted octanol–water partition coefficient (Wildman–Crippen LogP) is 6.03. The third-order valence-electron chi connectivity index (χ3n) is 5.84. The van der Waals surface area contributed by atoms with Crippen LogP contribution < -0.4 is 10.1 Å². The molecule has 4 rings (SSSR count). The second-order valence-electron chi connectivity index (χ2n) is 8.43. The van der Waals surface area contributed by atoms with E-state index in [1.165, 1.54) is 22.3 Å². The Bertz CT molecular complexity index is 1100. The lowest BCUT2D eigenvalue weighted by molar-refractivity contribution is -0.143. The van der Waals surface area contributed by atoms with Crippen LogP contribution in [-0.2, 0) is 17.8 Å². The van der Waals surface area contributed by atoms with E-state index < -0.39 is 11.5 Å². The molecule has 1 unspecified atom stereocenters. The first-order chi connectivity index (χ1) is 14.8. The highest BCUT2D eigenvalue weighted by Gasteiger charge is 2.28.